The molecule has 1 aromatic heterocycles. The van der Waals surface area contributed by atoms with Gasteiger partial charge in [0.25, 0.3) is 5.91 Å². The Hall–Kier alpha value is -1.03. The number of carbonyl (C=O) groups is 1. The van der Waals surface area contributed by atoms with Gasteiger partial charge < -0.3 is 10.6 Å². The molecular weight excluding hydrogens is 220 g/mol. The van der Waals surface area contributed by atoms with Gasteiger partial charge in [-0.2, -0.15) is 0 Å². The number of nitrogen functional groups attached to an aromatic ring is 1. The number of nitrogens with two attached hydrogens (primary N) is 1. The summed E-state index contributed by atoms with van der Waals surface area (Å²) in [7, 11) is 0. The Morgan fingerprint density at radius 2 is 2.19 bits per heavy atom. The molecule has 0 bridgehead atoms. The lowest BCUT2D eigenvalue weighted by molar-refractivity contribution is 0.0794. The van der Waals surface area contributed by atoms with Gasteiger partial charge in [0.2, 0.25) is 0 Å². The van der Waals surface area contributed by atoms with Crippen LogP contribution in [0.2, 0.25) is 0 Å². The minimum absolute atomic E-state index is 0.119. The van der Waals surface area contributed by atoms with E-state index in [1.165, 1.54) is 4.88 Å². The van der Waals surface area contributed by atoms with E-state index in [0.29, 0.717) is 5.00 Å². The maximum Gasteiger partial charge on any atom is 0.256 e. The largest absolute Gasteiger partial charge is 0.390 e. The molecule has 1 aromatic rings. The number of nitrogens with zero attached hydrogens (tertiary/aromatic N) is 1. The Morgan fingerprint density at radius 1 is 1.50 bits per heavy atom. The fourth-order valence-corrected chi connectivity index (χ4v) is 3.11. The second-order valence-corrected chi connectivity index (χ2v) is 5.41. The highest BCUT2D eigenvalue weighted by molar-refractivity contribution is 7.16. The normalized spacial score (nSPS) is 15.7. The molecule has 2 rings (SSSR count). The van der Waals surface area contributed by atoms with Gasteiger partial charge in [0.15, 0.2) is 0 Å². The Kier molecular flexibility index (Phi) is 3.49. The number of aryl methyl sites for hydroxylation is 1. The van der Waals surface area contributed by atoms with Crippen molar-refractivity contribution in [3.05, 3.63) is 16.5 Å². The summed E-state index contributed by atoms with van der Waals surface area (Å²) in [6, 6.07) is 1.98. The number of likely N-dealkylation sites (tertiary alicyclic amines) is 1. The summed E-state index contributed by atoms with van der Waals surface area (Å²) in [5.74, 6) is 0.119. The van der Waals surface area contributed by atoms with Gasteiger partial charge in [-0.15, -0.1) is 11.3 Å². The number of hydrogen-bond acceptors (Lipinski definition) is 3. The smallest absolute Gasteiger partial charge is 0.256 e. The van der Waals surface area contributed by atoms with Crippen LogP contribution in [0.25, 0.3) is 0 Å². The predicted octanol–water partition coefficient (Wildman–Crippen LogP) is 2.52. The third-order valence-corrected chi connectivity index (χ3v) is 3.96. The van der Waals surface area contributed by atoms with Crippen molar-refractivity contribution in [1.82, 2.24) is 4.90 Å². The molecule has 0 saturated carbocycles. The Bertz CT molecular complexity index is 380. The monoisotopic (exact) mass is 238 g/mol. The zero-order valence-electron chi connectivity index (χ0n) is 9.66. The maximum atomic E-state index is 12.1. The molecule has 1 aliphatic heterocycles. The van der Waals surface area contributed by atoms with Crippen molar-refractivity contribution < 1.29 is 4.79 Å². The van der Waals surface area contributed by atoms with E-state index in [-0.39, 0.29) is 5.91 Å². The van der Waals surface area contributed by atoms with E-state index < -0.39 is 0 Å². The average Bonchev–Trinajstić information content (AvgIpc) is 2.87. The number of thiophene rings is 1. The zero-order valence-corrected chi connectivity index (χ0v) is 10.5. The highest BCUT2D eigenvalue weighted by Crippen LogP contribution is 2.28. The van der Waals surface area contributed by atoms with Crippen LogP contribution < -0.4 is 5.73 Å². The van der Waals surface area contributed by atoms with Crippen molar-refractivity contribution in [3.63, 3.8) is 0 Å². The van der Waals surface area contributed by atoms with E-state index in [9.17, 15) is 4.79 Å². The van der Waals surface area contributed by atoms with Crippen LogP contribution >= 0.6 is 11.3 Å². The molecule has 1 aliphatic rings. The second kappa shape index (κ2) is 4.87. The van der Waals surface area contributed by atoms with Crippen LogP contribution in [0.5, 0.6) is 0 Å². The molecule has 3 nitrogen and oxygen atoms in total. The molecule has 0 spiro atoms. The van der Waals surface area contributed by atoms with Gasteiger partial charge in [0.05, 0.1) is 10.6 Å². The second-order valence-electron chi connectivity index (χ2n) is 4.24. The number of amides is 1. The molecular formula is C12H18N2OS. The first-order valence-corrected chi connectivity index (χ1v) is 6.71. The summed E-state index contributed by atoms with van der Waals surface area (Å²) in [6.45, 7) is 3.91. The molecule has 88 valence electrons. The van der Waals surface area contributed by atoms with E-state index >= 15 is 0 Å². The molecule has 16 heavy (non-hydrogen) atoms. The molecule has 0 unspecified atom stereocenters. The van der Waals surface area contributed by atoms with Crippen LogP contribution in [0.15, 0.2) is 6.07 Å². The van der Waals surface area contributed by atoms with Crippen LogP contribution in [0.3, 0.4) is 0 Å². The first-order valence-electron chi connectivity index (χ1n) is 5.90. The molecule has 2 N–H and O–H groups in total. The van der Waals surface area contributed by atoms with Crippen molar-refractivity contribution >= 4 is 22.2 Å². The molecule has 1 fully saturated rings. The van der Waals surface area contributed by atoms with Gasteiger partial charge in [-0.3, -0.25) is 4.79 Å². The van der Waals surface area contributed by atoms with Gasteiger partial charge in [-0.1, -0.05) is 13.3 Å². The van der Waals surface area contributed by atoms with Crippen molar-refractivity contribution in [2.45, 2.75) is 32.6 Å². The molecule has 2 heterocycles. The average molecular weight is 238 g/mol. The highest BCUT2D eigenvalue weighted by Gasteiger charge is 2.22. The summed E-state index contributed by atoms with van der Waals surface area (Å²) in [5.41, 5.74) is 6.63. The lowest BCUT2D eigenvalue weighted by Crippen LogP contribution is -2.27. The molecule has 1 saturated heterocycles. The maximum absolute atomic E-state index is 12.1. The van der Waals surface area contributed by atoms with Crippen LogP contribution in [0.4, 0.5) is 5.00 Å². The summed E-state index contributed by atoms with van der Waals surface area (Å²) in [5, 5.41) is 0.681. The molecule has 0 radical (unpaired) electrons. The van der Waals surface area contributed by atoms with Crippen molar-refractivity contribution in [2.24, 2.45) is 0 Å². The number of anilines is 1. The van der Waals surface area contributed by atoms with E-state index in [0.717, 1.165) is 44.3 Å². The van der Waals surface area contributed by atoms with Crippen molar-refractivity contribution in [2.75, 3.05) is 18.8 Å². The van der Waals surface area contributed by atoms with E-state index in [4.69, 9.17) is 5.73 Å². The van der Waals surface area contributed by atoms with Gasteiger partial charge in [-0.25, -0.2) is 0 Å². The molecule has 0 aliphatic carbocycles. The van der Waals surface area contributed by atoms with Gasteiger partial charge in [0.1, 0.15) is 0 Å². The van der Waals surface area contributed by atoms with E-state index in [2.05, 4.69) is 6.92 Å². The minimum Gasteiger partial charge on any atom is -0.390 e. The highest BCUT2D eigenvalue weighted by atomic mass is 32.1. The summed E-state index contributed by atoms with van der Waals surface area (Å²) in [6.07, 6.45) is 4.36. The Morgan fingerprint density at radius 3 is 2.81 bits per heavy atom. The lowest BCUT2D eigenvalue weighted by Gasteiger charge is -2.14. The third-order valence-electron chi connectivity index (χ3n) is 2.93. The van der Waals surface area contributed by atoms with Crippen LogP contribution in [0.1, 0.15) is 41.4 Å². The SMILES string of the molecule is CCCc1cc(C(=O)N2CCCC2)c(N)s1. The fourth-order valence-electron chi connectivity index (χ4n) is 2.09. The minimum atomic E-state index is 0.119. The van der Waals surface area contributed by atoms with Gasteiger partial charge in [-0.05, 0) is 25.3 Å². The Labute approximate surface area is 100 Å². The summed E-state index contributed by atoms with van der Waals surface area (Å²) < 4.78 is 0. The lowest BCUT2D eigenvalue weighted by atomic mass is 10.2. The van der Waals surface area contributed by atoms with Crippen molar-refractivity contribution in [1.29, 1.82) is 0 Å². The first-order chi connectivity index (χ1) is 7.72. The predicted molar refractivity (Wildman–Crippen MR) is 67.9 cm³/mol. The van der Waals surface area contributed by atoms with E-state index in [1.807, 2.05) is 11.0 Å². The van der Waals surface area contributed by atoms with Crippen LogP contribution in [-0.2, 0) is 6.42 Å². The van der Waals surface area contributed by atoms with E-state index in [1.54, 1.807) is 11.3 Å². The topological polar surface area (TPSA) is 46.3 Å². The van der Waals surface area contributed by atoms with Gasteiger partial charge >= 0.3 is 0 Å². The third kappa shape index (κ3) is 2.21. The molecule has 0 atom stereocenters. The number of hydrogen-bond donors (Lipinski definition) is 1. The fraction of sp³-hybridized carbons (Fsp3) is 0.583. The molecule has 4 heteroatoms. The zero-order chi connectivity index (χ0) is 11.5. The summed E-state index contributed by atoms with van der Waals surface area (Å²) in [4.78, 5) is 15.3. The number of carbonyl (C=O) groups excluding carboxylic acids is 1. The first kappa shape index (κ1) is 11.5. The molecule has 1 amide bonds. The van der Waals surface area contributed by atoms with Crippen LogP contribution in [-0.4, -0.2) is 23.9 Å². The summed E-state index contributed by atoms with van der Waals surface area (Å²) >= 11 is 1.56. The standard InChI is InChI=1S/C12H18N2OS/c1-2-5-9-8-10(11(13)16-9)12(15)14-6-3-4-7-14/h8H,2-7,13H2,1H3. The van der Waals surface area contributed by atoms with Gasteiger partial charge in [0, 0.05) is 18.0 Å². The number of rotatable bonds is 3. The Balaban J connectivity index is 2.15. The quantitative estimate of drug-likeness (QED) is 0.879. The van der Waals surface area contributed by atoms with Crippen molar-refractivity contribution in [3.8, 4) is 0 Å². The molecule has 0 aromatic carbocycles. The van der Waals surface area contributed by atoms with Crippen LogP contribution in [0, 0.1) is 0 Å².